The molecule has 1 saturated heterocycles. The number of anilines is 1. The van der Waals surface area contributed by atoms with Crippen molar-refractivity contribution in [3.8, 4) is 0 Å². The summed E-state index contributed by atoms with van der Waals surface area (Å²) in [5.74, 6) is 0.487. The Labute approximate surface area is 142 Å². The molecular weight excluding hydrogens is 311 g/mol. The largest absolute Gasteiger partial charge is 0.491 e. The number of pyridine rings is 1. The van der Waals surface area contributed by atoms with Gasteiger partial charge in [-0.25, -0.2) is 0 Å². The van der Waals surface area contributed by atoms with Crippen LogP contribution in [-0.2, 0) is 14.1 Å². The van der Waals surface area contributed by atoms with Crippen LogP contribution in [0.15, 0.2) is 23.9 Å². The summed E-state index contributed by atoms with van der Waals surface area (Å²) in [5.41, 5.74) is 7.41. The predicted octanol–water partition coefficient (Wildman–Crippen LogP) is 2.96. The van der Waals surface area contributed by atoms with Gasteiger partial charge in [-0.2, -0.15) is 0 Å². The number of hydrogen-bond donors (Lipinski definition) is 1. The van der Waals surface area contributed by atoms with Gasteiger partial charge in [0.05, 0.1) is 11.2 Å². The maximum atomic E-state index is 11.4. The molecule has 0 atom stereocenters. The zero-order chi connectivity index (χ0) is 17.3. The van der Waals surface area contributed by atoms with E-state index in [1.807, 2.05) is 33.8 Å². The molecule has 124 valence electrons. The fourth-order valence-corrected chi connectivity index (χ4v) is 2.68. The zero-order valence-electron chi connectivity index (χ0n) is 14.3. The maximum Gasteiger partial charge on any atom is 0.491 e. The molecule has 1 aliphatic heterocycles. The highest BCUT2D eigenvalue weighted by molar-refractivity contribution is 8.13. The van der Waals surface area contributed by atoms with E-state index in [-0.39, 0.29) is 5.12 Å². The Bertz CT molecular complexity index is 616. The molecule has 0 bridgehead atoms. The molecule has 0 aromatic carbocycles. The van der Waals surface area contributed by atoms with Gasteiger partial charge in [0, 0.05) is 36.3 Å². The molecule has 2 rings (SSSR count). The van der Waals surface area contributed by atoms with Crippen LogP contribution in [0.25, 0.3) is 6.08 Å². The number of hydrogen-bond acceptors (Lipinski definition) is 6. The summed E-state index contributed by atoms with van der Waals surface area (Å²) in [4.78, 5) is 15.5. The van der Waals surface area contributed by atoms with Crippen molar-refractivity contribution in [2.75, 3.05) is 11.5 Å². The van der Waals surface area contributed by atoms with Crippen LogP contribution in [0.3, 0.4) is 0 Å². The summed E-state index contributed by atoms with van der Waals surface area (Å²) in [6.07, 6.45) is 5.24. The Morgan fingerprint density at radius 1 is 1.35 bits per heavy atom. The van der Waals surface area contributed by atoms with Crippen LogP contribution >= 0.6 is 11.8 Å². The molecule has 0 unspecified atom stereocenters. The van der Waals surface area contributed by atoms with E-state index in [1.165, 1.54) is 11.8 Å². The molecule has 7 heteroatoms. The zero-order valence-corrected chi connectivity index (χ0v) is 15.1. The molecule has 0 amide bonds. The molecule has 0 saturated carbocycles. The third kappa shape index (κ3) is 4.16. The van der Waals surface area contributed by atoms with Gasteiger partial charge in [0.1, 0.15) is 0 Å². The summed E-state index contributed by atoms with van der Waals surface area (Å²) < 4.78 is 12.2. The molecule has 2 N–H and O–H groups in total. The molecule has 23 heavy (non-hydrogen) atoms. The molecule has 1 aliphatic rings. The Morgan fingerprint density at radius 3 is 2.48 bits per heavy atom. The fourth-order valence-electron chi connectivity index (χ4n) is 2.09. The van der Waals surface area contributed by atoms with Crippen LogP contribution in [0.4, 0.5) is 5.69 Å². The summed E-state index contributed by atoms with van der Waals surface area (Å²) in [6.45, 7) is 9.55. The highest BCUT2D eigenvalue weighted by Crippen LogP contribution is 2.39. The Kier molecular flexibility index (Phi) is 5.23. The fraction of sp³-hybridized carbons (Fsp3) is 0.500. The third-order valence-electron chi connectivity index (χ3n) is 4.23. The lowest BCUT2D eigenvalue weighted by Gasteiger charge is -2.32. The van der Waals surface area contributed by atoms with Crippen molar-refractivity contribution >= 4 is 35.8 Å². The first-order valence-electron chi connectivity index (χ1n) is 7.51. The number of nitrogen functional groups attached to an aromatic ring is 1. The van der Waals surface area contributed by atoms with Crippen molar-refractivity contribution < 1.29 is 14.1 Å². The molecule has 0 radical (unpaired) electrons. The predicted molar refractivity (Wildman–Crippen MR) is 95.8 cm³/mol. The van der Waals surface area contributed by atoms with Gasteiger partial charge < -0.3 is 15.0 Å². The molecule has 5 nitrogen and oxygen atoms in total. The lowest BCUT2D eigenvalue weighted by Crippen LogP contribution is -2.41. The average Bonchev–Trinajstić information content (AvgIpc) is 2.65. The van der Waals surface area contributed by atoms with Gasteiger partial charge in [0.25, 0.3) is 0 Å². The Morgan fingerprint density at radius 2 is 1.96 bits per heavy atom. The van der Waals surface area contributed by atoms with Crippen molar-refractivity contribution in [1.29, 1.82) is 0 Å². The lowest BCUT2D eigenvalue weighted by molar-refractivity contribution is -0.109. The SMILES string of the molecule is CC(=O)SCC(=Cc1cnccc1N)B1OC(C)(C)C(C)(C)O1. The first kappa shape index (κ1) is 18.0. The smallest absolute Gasteiger partial charge is 0.400 e. The van der Waals surface area contributed by atoms with Gasteiger partial charge in [-0.05, 0) is 39.2 Å². The van der Waals surface area contributed by atoms with E-state index >= 15 is 0 Å². The topological polar surface area (TPSA) is 74.4 Å². The quantitative estimate of drug-likeness (QED) is 0.854. The van der Waals surface area contributed by atoms with Crippen LogP contribution in [-0.4, -0.2) is 34.2 Å². The number of rotatable bonds is 4. The standard InChI is InChI=1S/C16H23BN2O3S/c1-11(20)23-10-13(8-12-9-19-7-6-14(12)18)17-21-15(2,3)16(4,5)22-17/h6-9H,10H2,1-5H3,(H2,18,19). The second-order valence-corrected chi connectivity index (χ2v) is 7.74. The van der Waals surface area contributed by atoms with E-state index in [0.29, 0.717) is 11.4 Å². The van der Waals surface area contributed by atoms with Crippen LogP contribution in [0, 0.1) is 0 Å². The first-order valence-corrected chi connectivity index (χ1v) is 8.50. The van der Waals surface area contributed by atoms with Gasteiger partial charge >= 0.3 is 7.12 Å². The minimum absolute atomic E-state index is 0.0478. The number of carbonyl (C=O) groups is 1. The molecule has 1 aromatic rings. The van der Waals surface area contributed by atoms with Crippen molar-refractivity contribution in [3.63, 3.8) is 0 Å². The molecular formula is C16H23BN2O3S. The monoisotopic (exact) mass is 334 g/mol. The van der Waals surface area contributed by atoms with Crippen molar-refractivity contribution in [3.05, 3.63) is 29.5 Å². The van der Waals surface area contributed by atoms with E-state index in [4.69, 9.17) is 15.0 Å². The molecule has 0 spiro atoms. The van der Waals surface area contributed by atoms with E-state index in [1.54, 1.807) is 25.4 Å². The van der Waals surface area contributed by atoms with Gasteiger partial charge in [0.2, 0.25) is 0 Å². The van der Waals surface area contributed by atoms with Crippen LogP contribution in [0.1, 0.15) is 40.2 Å². The Hall–Kier alpha value is -1.31. The second kappa shape index (κ2) is 6.67. The van der Waals surface area contributed by atoms with E-state index in [2.05, 4.69) is 4.98 Å². The summed E-state index contributed by atoms with van der Waals surface area (Å²) in [5, 5.41) is 0.0478. The van der Waals surface area contributed by atoms with Gasteiger partial charge in [0.15, 0.2) is 5.12 Å². The van der Waals surface area contributed by atoms with Gasteiger partial charge in [-0.15, -0.1) is 0 Å². The molecule has 1 fully saturated rings. The number of carbonyl (C=O) groups excluding carboxylic acids is 1. The highest BCUT2D eigenvalue weighted by atomic mass is 32.2. The number of nitrogens with two attached hydrogens (primary N) is 1. The van der Waals surface area contributed by atoms with E-state index in [9.17, 15) is 4.79 Å². The summed E-state index contributed by atoms with van der Waals surface area (Å²) in [6, 6.07) is 1.74. The van der Waals surface area contributed by atoms with Crippen molar-refractivity contribution in [2.45, 2.75) is 45.8 Å². The Balaban J connectivity index is 2.32. The third-order valence-corrected chi connectivity index (χ3v) is 5.11. The number of thioether (sulfide) groups is 1. The molecule has 0 aliphatic carbocycles. The van der Waals surface area contributed by atoms with Crippen LogP contribution < -0.4 is 5.73 Å². The van der Waals surface area contributed by atoms with Crippen LogP contribution in [0.5, 0.6) is 0 Å². The summed E-state index contributed by atoms with van der Waals surface area (Å²) >= 11 is 1.22. The van der Waals surface area contributed by atoms with E-state index in [0.717, 1.165) is 11.0 Å². The van der Waals surface area contributed by atoms with E-state index < -0.39 is 18.3 Å². The van der Waals surface area contributed by atoms with Crippen molar-refractivity contribution in [2.24, 2.45) is 0 Å². The van der Waals surface area contributed by atoms with Gasteiger partial charge in [-0.3, -0.25) is 9.78 Å². The minimum atomic E-state index is -0.508. The summed E-state index contributed by atoms with van der Waals surface area (Å²) in [7, 11) is -0.508. The first-order chi connectivity index (χ1) is 10.6. The van der Waals surface area contributed by atoms with Gasteiger partial charge in [-0.1, -0.05) is 17.8 Å². The number of aromatic nitrogens is 1. The molecule has 2 heterocycles. The average molecular weight is 334 g/mol. The maximum absolute atomic E-state index is 11.4. The minimum Gasteiger partial charge on any atom is -0.400 e. The molecule has 1 aromatic heterocycles. The lowest BCUT2D eigenvalue weighted by atomic mass is 9.78. The number of nitrogens with zero attached hydrogens (tertiary/aromatic N) is 1. The normalized spacial score (nSPS) is 19.9. The van der Waals surface area contributed by atoms with Crippen LogP contribution in [0.2, 0.25) is 0 Å². The van der Waals surface area contributed by atoms with Crippen molar-refractivity contribution in [1.82, 2.24) is 4.98 Å². The second-order valence-electron chi connectivity index (χ2n) is 6.59. The highest BCUT2D eigenvalue weighted by Gasteiger charge is 2.52.